The average Bonchev–Trinajstić information content (AvgIpc) is 3.34. The van der Waals surface area contributed by atoms with Gasteiger partial charge in [-0.25, -0.2) is 13.6 Å². The van der Waals surface area contributed by atoms with Crippen LogP contribution in [0.5, 0.6) is 0 Å². The zero-order valence-electron chi connectivity index (χ0n) is 16.3. The molecule has 1 aliphatic heterocycles. The lowest BCUT2D eigenvalue weighted by Gasteiger charge is -2.40. The molecule has 7 nitrogen and oxygen atoms in total. The van der Waals surface area contributed by atoms with Gasteiger partial charge in [-0.05, 0) is 36.5 Å². The molecule has 2 fully saturated rings. The lowest BCUT2D eigenvalue weighted by molar-refractivity contribution is 0.0601. The van der Waals surface area contributed by atoms with Crippen LogP contribution < -0.4 is 5.32 Å². The van der Waals surface area contributed by atoms with Crippen LogP contribution in [0.15, 0.2) is 36.7 Å². The molecule has 1 aromatic carbocycles. The summed E-state index contributed by atoms with van der Waals surface area (Å²) in [5.41, 5.74) is 1.46. The van der Waals surface area contributed by atoms with E-state index in [0.29, 0.717) is 24.9 Å². The minimum absolute atomic E-state index is 0.0804. The molecule has 5 atom stereocenters. The van der Waals surface area contributed by atoms with Crippen LogP contribution in [0.25, 0.3) is 0 Å². The first-order valence-corrected chi connectivity index (χ1v) is 10.00. The molecule has 9 heteroatoms. The topological polar surface area (TPSA) is 94.2 Å². The van der Waals surface area contributed by atoms with Gasteiger partial charge in [0.1, 0.15) is 18.1 Å². The van der Waals surface area contributed by atoms with Crippen molar-refractivity contribution in [2.45, 2.75) is 49.5 Å². The Balaban J connectivity index is 1.61. The van der Waals surface area contributed by atoms with Gasteiger partial charge in [0.2, 0.25) is 0 Å². The van der Waals surface area contributed by atoms with Crippen LogP contribution in [-0.2, 0) is 0 Å². The van der Waals surface area contributed by atoms with E-state index in [1.54, 1.807) is 23.0 Å². The first-order chi connectivity index (χ1) is 14.4. The van der Waals surface area contributed by atoms with Crippen LogP contribution in [0.1, 0.15) is 42.3 Å². The van der Waals surface area contributed by atoms with Crippen molar-refractivity contribution in [2.75, 3.05) is 13.1 Å². The molecule has 1 aromatic heterocycles. The molecule has 0 radical (unpaired) electrons. The number of amides is 1. The normalized spacial score (nSPS) is 29.4. The van der Waals surface area contributed by atoms with E-state index in [1.165, 1.54) is 18.3 Å². The van der Waals surface area contributed by atoms with Gasteiger partial charge in [0.25, 0.3) is 0 Å². The highest BCUT2D eigenvalue weighted by atomic mass is 19.1. The van der Waals surface area contributed by atoms with Crippen LogP contribution in [0, 0.1) is 17.1 Å². The molecule has 3 unspecified atom stereocenters. The Morgan fingerprint density at radius 1 is 1.20 bits per heavy atom. The molecule has 1 saturated carbocycles. The molecular formula is C21H23F2N5O2. The Kier molecular flexibility index (Phi) is 5.68. The summed E-state index contributed by atoms with van der Waals surface area (Å²) in [5.74, 6) is -0.171. The maximum Gasteiger partial charge on any atom is 0.404 e. The van der Waals surface area contributed by atoms with Gasteiger partial charge in [0.05, 0.1) is 17.8 Å². The second-order valence-corrected chi connectivity index (χ2v) is 8.11. The number of halogens is 2. The van der Waals surface area contributed by atoms with Gasteiger partial charge in [-0.15, -0.1) is 0 Å². The molecule has 2 heterocycles. The number of hydrogen-bond acceptors (Lipinski definition) is 4. The number of hydrogen-bond donors (Lipinski definition) is 2. The van der Waals surface area contributed by atoms with E-state index in [4.69, 9.17) is 10.4 Å². The van der Waals surface area contributed by atoms with Crippen molar-refractivity contribution in [1.29, 1.82) is 5.26 Å². The van der Waals surface area contributed by atoms with Crippen LogP contribution in [0.3, 0.4) is 0 Å². The monoisotopic (exact) mass is 415 g/mol. The Labute approximate surface area is 172 Å². The molecule has 0 spiro atoms. The fraction of sp³-hybridized carbons (Fsp3) is 0.476. The zero-order valence-corrected chi connectivity index (χ0v) is 16.3. The number of likely N-dealkylation sites (tertiary alicyclic amines) is 1. The summed E-state index contributed by atoms with van der Waals surface area (Å²) in [4.78, 5) is 13.1. The van der Waals surface area contributed by atoms with E-state index in [-0.39, 0.29) is 36.8 Å². The van der Waals surface area contributed by atoms with Crippen LogP contribution in [0.2, 0.25) is 0 Å². The zero-order chi connectivity index (χ0) is 21.3. The number of carboxylic acid groups (broad SMARTS) is 1. The minimum Gasteiger partial charge on any atom is -0.465 e. The summed E-state index contributed by atoms with van der Waals surface area (Å²) in [6, 6.07) is 7.82. The van der Waals surface area contributed by atoms with Gasteiger partial charge in [-0.3, -0.25) is 9.58 Å². The Hall–Kier alpha value is -2.99. The third-order valence-corrected chi connectivity index (χ3v) is 6.13. The molecule has 1 aliphatic carbocycles. The highest BCUT2D eigenvalue weighted by molar-refractivity contribution is 5.64. The number of nitrogens with zero attached hydrogens (tertiary/aromatic N) is 4. The van der Waals surface area contributed by atoms with E-state index in [2.05, 4.69) is 16.5 Å². The Morgan fingerprint density at radius 2 is 1.93 bits per heavy atom. The molecule has 0 bridgehead atoms. The van der Waals surface area contributed by atoms with E-state index in [0.717, 1.165) is 5.56 Å². The van der Waals surface area contributed by atoms with Crippen molar-refractivity contribution in [3.8, 4) is 6.07 Å². The van der Waals surface area contributed by atoms with Gasteiger partial charge in [-0.2, -0.15) is 10.4 Å². The van der Waals surface area contributed by atoms with Gasteiger partial charge in [0, 0.05) is 37.8 Å². The van der Waals surface area contributed by atoms with Crippen molar-refractivity contribution in [1.82, 2.24) is 20.0 Å². The van der Waals surface area contributed by atoms with Gasteiger partial charge in [0.15, 0.2) is 0 Å². The van der Waals surface area contributed by atoms with Gasteiger partial charge < -0.3 is 10.4 Å². The lowest BCUT2D eigenvalue weighted by atomic mass is 9.96. The maximum absolute atomic E-state index is 14.5. The average molecular weight is 415 g/mol. The minimum atomic E-state index is -1.16. The van der Waals surface area contributed by atoms with Crippen molar-refractivity contribution in [2.24, 2.45) is 0 Å². The first kappa shape index (κ1) is 20.3. The summed E-state index contributed by atoms with van der Waals surface area (Å²) in [6.45, 7) is 0.637. The fourth-order valence-electron chi connectivity index (χ4n) is 4.87. The van der Waals surface area contributed by atoms with E-state index in [9.17, 15) is 13.6 Å². The summed E-state index contributed by atoms with van der Waals surface area (Å²) in [6.07, 6.45) is 2.49. The van der Waals surface area contributed by atoms with Crippen LogP contribution >= 0.6 is 0 Å². The van der Waals surface area contributed by atoms with Crippen molar-refractivity contribution < 1.29 is 18.7 Å². The number of rotatable bonds is 4. The molecular weight excluding hydrogens is 392 g/mol. The highest BCUT2D eigenvalue weighted by Crippen LogP contribution is 2.44. The predicted octanol–water partition coefficient (Wildman–Crippen LogP) is 3.06. The second-order valence-electron chi connectivity index (χ2n) is 8.11. The van der Waals surface area contributed by atoms with Crippen LogP contribution in [-0.4, -0.2) is 57.2 Å². The number of nitriles is 1. The largest absolute Gasteiger partial charge is 0.465 e. The van der Waals surface area contributed by atoms with Crippen molar-refractivity contribution in [3.05, 3.63) is 53.6 Å². The molecule has 30 heavy (non-hydrogen) atoms. The summed E-state index contributed by atoms with van der Waals surface area (Å²) in [7, 11) is 0. The summed E-state index contributed by atoms with van der Waals surface area (Å²) >= 11 is 0. The molecule has 2 aromatic rings. The van der Waals surface area contributed by atoms with Gasteiger partial charge >= 0.3 is 6.09 Å². The Morgan fingerprint density at radius 3 is 2.60 bits per heavy atom. The standard InChI is InChI=1S/C21H23F2N5O2/c22-16-3-1-14(2-4-16)15-5-19(20(6-15)28-10-13(8-24)9-25-28)27-11-17(23)7-18(12-27)26-21(29)30/h1-4,9-10,15,17-20,26H,5-7,11-12H2,(H,29,30)/t15?,17-,18-,19?,20?/m1/s1. The SMILES string of the molecule is N#Cc1cnn(C2CC(c3ccc(F)cc3)CC2N2C[C@H](F)C[C@@H](NC(=O)O)C2)c1. The molecule has 2 aliphatic rings. The number of aromatic nitrogens is 2. The first-order valence-electron chi connectivity index (χ1n) is 10.00. The molecule has 158 valence electrons. The molecule has 1 amide bonds. The predicted molar refractivity (Wildman–Crippen MR) is 104 cm³/mol. The molecule has 2 N–H and O–H groups in total. The van der Waals surface area contributed by atoms with Crippen LogP contribution in [0.4, 0.5) is 13.6 Å². The quantitative estimate of drug-likeness (QED) is 0.801. The summed E-state index contributed by atoms with van der Waals surface area (Å²) < 4.78 is 29.6. The van der Waals surface area contributed by atoms with Crippen molar-refractivity contribution >= 4 is 6.09 Å². The lowest BCUT2D eigenvalue weighted by Crippen LogP contribution is -2.55. The number of benzene rings is 1. The summed E-state index contributed by atoms with van der Waals surface area (Å²) in [5, 5.41) is 25.0. The highest BCUT2D eigenvalue weighted by Gasteiger charge is 2.43. The van der Waals surface area contributed by atoms with Crippen molar-refractivity contribution in [3.63, 3.8) is 0 Å². The third kappa shape index (κ3) is 4.28. The molecule has 4 rings (SSSR count). The second kappa shape index (κ2) is 8.40. The number of nitrogens with one attached hydrogen (secondary N) is 1. The third-order valence-electron chi connectivity index (χ3n) is 6.13. The number of alkyl halides is 1. The van der Waals surface area contributed by atoms with E-state index >= 15 is 0 Å². The number of carbonyl (C=O) groups is 1. The Bertz CT molecular complexity index is 942. The van der Waals surface area contributed by atoms with E-state index in [1.807, 2.05) is 4.90 Å². The smallest absolute Gasteiger partial charge is 0.404 e. The van der Waals surface area contributed by atoms with E-state index < -0.39 is 18.3 Å². The fourth-order valence-corrected chi connectivity index (χ4v) is 4.87. The van der Waals surface area contributed by atoms with Gasteiger partial charge in [-0.1, -0.05) is 12.1 Å². The molecule has 1 saturated heterocycles. The maximum atomic E-state index is 14.5. The number of piperidine rings is 1.